The molecule has 9 heteroatoms. The molecule has 4 atom stereocenters. The summed E-state index contributed by atoms with van der Waals surface area (Å²) in [4.78, 5) is 39.2. The zero-order valence-electron chi connectivity index (χ0n) is 19.4. The molecule has 0 aromatic heterocycles. The first kappa shape index (κ1) is 23.7. The lowest BCUT2D eigenvalue weighted by atomic mass is 9.98. The van der Waals surface area contributed by atoms with E-state index in [2.05, 4.69) is 29.6 Å². The highest BCUT2D eigenvalue weighted by atomic mass is 32.2. The number of carbonyl (C=O) groups excluding carboxylic acids is 2. The van der Waals surface area contributed by atoms with Crippen LogP contribution < -0.4 is 5.32 Å². The van der Waals surface area contributed by atoms with E-state index in [9.17, 15) is 19.5 Å². The Bertz CT molecular complexity index is 1090. The molecule has 2 heterocycles. The second kappa shape index (κ2) is 9.91. The van der Waals surface area contributed by atoms with Gasteiger partial charge in [-0.15, -0.1) is 11.8 Å². The Balaban J connectivity index is 1.24. The number of nitrogens with zero attached hydrogens (tertiary/aromatic N) is 1. The Morgan fingerprint density at radius 1 is 1.11 bits per heavy atom. The minimum Gasteiger partial charge on any atom is -0.480 e. The fraction of sp³-hybridized carbons (Fsp3) is 0.423. The summed E-state index contributed by atoms with van der Waals surface area (Å²) in [6, 6.07) is 14.8. The van der Waals surface area contributed by atoms with Gasteiger partial charge in [-0.1, -0.05) is 55.5 Å². The van der Waals surface area contributed by atoms with Crippen molar-refractivity contribution in [2.75, 3.05) is 19.0 Å². The average molecular weight is 497 g/mol. The Kier molecular flexibility index (Phi) is 6.71. The maximum Gasteiger partial charge on any atom is 0.407 e. The number of carboxylic acid groups (broad SMARTS) is 1. The van der Waals surface area contributed by atoms with Crippen molar-refractivity contribution >= 4 is 29.7 Å². The molecule has 4 unspecified atom stereocenters. The lowest BCUT2D eigenvalue weighted by Crippen LogP contribution is -2.54. The molecule has 2 amide bonds. The summed E-state index contributed by atoms with van der Waals surface area (Å²) >= 11 is 1.46. The molecule has 8 nitrogen and oxygen atoms in total. The summed E-state index contributed by atoms with van der Waals surface area (Å²) < 4.78 is 11.3. The highest BCUT2D eigenvalue weighted by Gasteiger charge is 2.47. The molecular weight excluding hydrogens is 468 g/mol. The number of carbonyl (C=O) groups is 3. The van der Waals surface area contributed by atoms with E-state index in [1.807, 2.05) is 31.2 Å². The van der Waals surface area contributed by atoms with Crippen LogP contribution in [-0.2, 0) is 19.1 Å². The first-order valence-electron chi connectivity index (χ1n) is 11.9. The molecule has 2 fully saturated rings. The van der Waals surface area contributed by atoms with Crippen molar-refractivity contribution in [2.45, 2.75) is 49.2 Å². The third-order valence-corrected chi connectivity index (χ3v) is 8.42. The Morgan fingerprint density at radius 2 is 1.77 bits per heavy atom. The summed E-state index contributed by atoms with van der Waals surface area (Å²) in [5.74, 6) is -1.14. The quantitative estimate of drug-likeness (QED) is 0.631. The molecule has 1 aliphatic carbocycles. The van der Waals surface area contributed by atoms with Gasteiger partial charge in [0.15, 0.2) is 6.10 Å². The second-order valence-corrected chi connectivity index (χ2v) is 10.2. The Hall–Kier alpha value is -3.04. The number of amides is 2. The predicted octanol–water partition coefficient (Wildman–Crippen LogP) is 3.45. The van der Waals surface area contributed by atoms with Crippen LogP contribution >= 0.6 is 11.8 Å². The van der Waals surface area contributed by atoms with Crippen LogP contribution in [0.3, 0.4) is 0 Å². The van der Waals surface area contributed by atoms with Crippen molar-refractivity contribution in [1.82, 2.24) is 10.2 Å². The normalized spacial score (nSPS) is 25.2. The lowest BCUT2D eigenvalue weighted by molar-refractivity contribution is -0.154. The topological polar surface area (TPSA) is 105 Å². The van der Waals surface area contributed by atoms with Gasteiger partial charge in [0, 0.05) is 18.3 Å². The fourth-order valence-electron chi connectivity index (χ4n) is 5.28. The van der Waals surface area contributed by atoms with Gasteiger partial charge in [-0.3, -0.25) is 4.79 Å². The molecule has 35 heavy (non-hydrogen) atoms. The van der Waals surface area contributed by atoms with Crippen molar-refractivity contribution in [3.63, 3.8) is 0 Å². The number of ether oxygens (including phenoxy) is 2. The van der Waals surface area contributed by atoms with Crippen molar-refractivity contribution in [3.8, 4) is 11.1 Å². The number of hydrogen-bond donors (Lipinski definition) is 2. The van der Waals surface area contributed by atoms with E-state index in [1.165, 1.54) is 16.7 Å². The van der Waals surface area contributed by atoms with Gasteiger partial charge in [-0.25, -0.2) is 9.59 Å². The van der Waals surface area contributed by atoms with Gasteiger partial charge in [-0.2, -0.15) is 0 Å². The van der Waals surface area contributed by atoms with E-state index in [4.69, 9.17) is 9.47 Å². The third-order valence-electron chi connectivity index (χ3n) is 6.96. The van der Waals surface area contributed by atoms with E-state index in [0.29, 0.717) is 25.2 Å². The molecule has 2 aromatic rings. The van der Waals surface area contributed by atoms with Crippen molar-refractivity contribution in [2.24, 2.45) is 0 Å². The largest absolute Gasteiger partial charge is 0.480 e. The molecule has 2 aliphatic heterocycles. The van der Waals surface area contributed by atoms with Gasteiger partial charge < -0.3 is 24.8 Å². The zero-order chi connectivity index (χ0) is 24.5. The molecular formula is C26H28N2O6S. The zero-order valence-corrected chi connectivity index (χ0v) is 20.2. The number of hydrogen-bond acceptors (Lipinski definition) is 6. The smallest absolute Gasteiger partial charge is 0.407 e. The molecule has 0 bridgehead atoms. The van der Waals surface area contributed by atoms with E-state index in [0.717, 1.165) is 22.3 Å². The highest BCUT2D eigenvalue weighted by molar-refractivity contribution is 8.00. The number of nitrogens with one attached hydrogen (secondary N) is 1. The summed E-state index contributed by atoms with van der Waals surface area (Å²) in [5.41, 5.74) is 4.54. The van der Waals surface area contributed by atoms with Crippen LogP contribution in [0.1, 0.15) is 36.8 Å². The van der Waals surface area contributed by atoms with E-state index < -0.39 is 36.2 Å². The standard InChI is InChI=1S/C26H28N2O6S/c1-2-22-28(21(14-35-22)25(30)31)24(29)23-20(11-12-33-23)27-26(32)34-13-19-17-9-5-3-7-15(17)16-8-4-6-10-18(16)19/h3-10,19-23H,2,11-14H2,1H3,(H,27,32)(H,30,31). The molecule has 0 spiro atoms. The van der Waals surface area contributed by atoms with Gasteiger partial charge in [0.25, 0.3) is 5.91 Å². The maximum atomic E-state index is 13.3. The van der Waals surface area contributed by atoms with Crippen LogP contribution in [0, 0.1) is 0 Å². The number of carboxylic acids is 1. The molecule has 0 saturated carbocycles. The minimum absolute atomic E-state index is 0.0614. The maximum absolute atomic E-state index is 13.3. The van der Waals surface area contributed by atoms with E-state index in [1.54, 1.807) is 0 Å². The fourth-order valence-corrected chi connectivity index (χ4v) is 6.64. The SMILES string of the molecule is CCC1SCC(C(=O)O)N1C(=O)C1OCCC1NC(=O)OCC1c2ccccc2-c2ccccc21. The molecule has 5 rings (SSSR count). The molecule has 2 saturated heterocycles. The van der Waals surface area contributed by atoms with Crippen LogP contribution in [0.4, 0.5) is 4.79 Å². The van der Waals surface area contributed by atoms with Crippen LogP contribution in [0.25, 0.3) is 11.1 Å². The highest BCUT2D eigenvalue weighted by Crippen LogP contribution is 2.44. The van der Waals surface area contributed by atoms with Gasteiger partial charge in [0.2, 0.25) is 0 Å². The third kappa shape index (κ3) is 4.38. The summed E-state index contributed by atoms with van der Waals surface area (Å²) in [6.45, 7) is 2.40. The van der Waals surface area contributed by atoms with Crippen LogP contribution in [0.15, 0.2) is 48.5 Å². The number of rotatable bonds is 6. The van der Waals surface area contributed by atoms with Crippen LogP contribution in [-0.4, -0.2) is 70.5 Å². The molecule has 2 N–H and O–H groups in total. The van der Waals surface area contributed by atoms with Crippen molar-refractivity contribution in [3.05, 3.63) is 59.7 Å². The summed E-state index contributed by atoms with van der Waals surface area (Å²) in [6.07, 6.45) is -0.448. The Morgan fingerprint density at radius 3 is 2.40 bits per heavy atom. The molecule has 0 radical (unpaired) electrons. The molecule has 2 aromatic carbocycles. The predicted molar refractivity (Wildman–Crippen MR) is 131 cm³/mol. The summed E-state index contributed by atoms with van der Waals surface area (Å²) in [7, 11) is 0. The second-order valence-electron chi connectivity index (χ2n) is 8.95. The Labute approximate surface area is 208 Å². The minimum atomic E-state index is -1.03. The number of benzene rings is 2. The summed E-state index contributed by atoms with van der Waals surface area (Å²) in [5, 5.41) is 12.2. The number of fused-ring (bicyclic) bond motifs is 3. The first-order valence-corrected chi connectivity index (χ1v) is 12.9. The van der Waals surface area contributed by atoms with Crippen molar-refractivity contribution in [1.29, 1.82) is 0 Å². The molecule has 184 valence electrons. The van der Waals surface area contributed by atoms with Gasteiger partial charge in [-0.05, 0) is 35.1 Å². The van der Waals surface area contributed by atoms with E-state index in [-0.39, 0.29) is 17.9 Å². The molecule has 3 aliphatic rings. The first-order chi connectivity index (χ1) is 17.0. The lowest BCUT2D eigenvalue weighted by Gasteiger charge is -2.30. The van der Waals surface area contributed by atoms with Gasteiger partial charge >= 0.3 is 12.1 Å². The van der Waals surface area contributed by atoms with Crippen LogP contribution in [0.2, 0.25) is 0 Å². The number of aliphatic carboxylic acids is 1. The number of thioether (sulfide) groups is 1. The van der Waals surface area contributed by atoms with Gasteiger partial charge in [0.1, 0.15) is 12.6 Å². The van der Waals surface area contributed by atoms with E-state index >= 15 is 0 Å². The number of alkyl carbamates (subject to hydrolysis) is 1. The monoisotopic (exact) mass is 496 g/mol. The van der Waals surface area contributed by atoms with Crippen LogP contribution in [0.5, 0.6) is 0 Å². The van der Waals surface area contributed by atoms with Crippen molar-refractivity contribution < 1.29 is 29.0 Å². The van der Waals surface area contributed by atoms with Gasteiger partial charge in [0.05, 0.1) is 11.4 Å². The average Bonchev–Trinajstić information content (AvgIpc) is 3.58.